The van der Waals surface area contributed by atoms with Gasteiger partial charge < -0.3 is 9.63 Å². The second-order valence-electron chi connectivity index (χ2n) is 4.00. The molecule has 0 aliphatic carbocycles. The fraction of sp³-hybridized carbons (Fsp3) is 0.0769. The lowest BCUT2D eigenvalue weighted by Crippen LogP contribution is -1.87. The fourth-order valence-electron chi connectivity index (χ4n) is 1.69. The molecule has 0 radical (unpaired) electrons. The molecule has 2 aromatic heterocycles. The van der Waals surface area contributed by atoms with Crippen molar-refractivity contribution in [2.75, 3.05) is 0 Å². The minimum Gasteiger partial charge on any atom is -0.507 e. The predicted molar refractivity (Wildman–Crippen MR) is 67.2 cm³/mol. The molecule has 0 saturated carbocycles. The SMILES string of the molecule is Cc1cccc(-c2nc(-c3cccnn3)no2)c1O. The van der Waals surface area contributed by atoms with Gasteiger partial charge in [0.05, 0.1) is 5.56 Å². The standard InChI is InChI=1S/C13H10N4O2/c1-8-4-2-5-9(11(8)18)13-15-12(17-19-13)10-6-3-7-14-16-10/h2-7,18H,1H3. The van der Waals surface area contributed by atoms with Gasteiger partial charge in [-0.3, -0.25) is 0 Å². The van der Waals surface area contributed by atoms with Crippen LogP contribution in [0.3, 0.4) is 0 Å². The summed E-state index contributed by atoms with van der Waals surface area (Å²) in [4.78, 5) is 4.21. The van der Waals surface area contributed by atoms with Gasteiger partial charge in [0.15, 0.2) is 0 Å². The molecule has 0 atom stereocenters. The molecule has 0 saturated heterocycles. The summed E-state index contributed by atoms with van der Waals surface area (Å²) in [6, 6.07) is 8.81. The third kappa shape index (κ3) is 2.03. The highest BCUT2D eigenvalue weighted by atomic mass is 16.5. The normalized spacial score (nSPS) is 10.6. The fourth-order valence-corrected chi connectivity index (χ4v) is 1.69. The number of nitrogens with zero attached hydrogens (tertiary/aromatic N) is 4. The second-order valence-corrected chi connectivity index (χ2v) is 4.00. The Balaban J connectivity index is 2.05. The van der Waals surface area contributed by atoms with Crippen molar-refractivity contribution in [1.29, 1.82) is 0 Å². The quantitative estimate of drug-likeness (QED) is 0.754. The zero-order chi connectivity index (χ0) is 13.2. The first kappa shape index (κ1) is 11.3. The highest BCUT2D eigenvalue weighted by molar-refractivity contribution is 5.65. The van der Waals surface area contributed by atoms with Gasteiger partial charge in [0.2, 0.25) is 5.82 Å². The average molecular weight is 254 g/mol. The van der Waals surface area contributed by atoms with Crippen molar-refractivity contribution in [2.24, 2.45) is 0 Å². The molecule has 0 bridgehead atoms. The van der Waals surface area contributed by atoms with Crippen LogP contribution in [0.4, 0.5) is 0 Å². The van der Waals surface area contributed by atoms with E-state index in [2.05, 4.69) is 20.3 Å². The van der Waals surface area contributed by atoms with Gasteiger partial charge in [0, 0.05) is 6.20 Å². The monoisotopic (exact) mass is 254 g/mol. The van der Waals surface area contributed by atoms with Crippen LogP contribution in [0.15, 0.2) is 41.1 Å². The van der Waals surface area contributed by atoms with E-state index >= 15 is 0 Å². The van der Waals surface area contributed by atoms with Crippen LogP contribution in [0, 0.1) is 6.92 Å². The zero-order valence-corrected chi connectivity index (χ0v) is 10.1. The summed E-state index contributed by atoms with van der Waals surface area (Å²) in [5.74, 6) is 0.725. The number of aromatic nitrogens is 4. The number of benzene rings is 1. The smallest absolute Gasteiger partial charge is 0.262 e. The highest BCUT2D eigenvalue weighted by Crippen LogP contribution is 2.31. The molecule has 0 aliphatic heterocycles. The number of hydrogen-bond acceptors (Lipinski definition) is 6. The molecular weight excluding hydrogens is 244 g/mol. The summed E-state index contributed by atoms with van der Waals surface area (Å²) in [6.07, 6.45) is 1.57. The van der Waals surface area contributed by atoms with Crippen LogP contribution in [0.1, 0.15) is 5.56 Å². The number of aromatic hydroxyl groups is 1. The largest absolute Gasteiger partial charge is 0.507 e. The average Bonchev–Trinajstić information content (AvgIpc) is 2.92. The molecular formula is C13H10N4O2. The van der Waals surface area contributed by atoms with Crippen molar-refractivity contribution < 1.29 is 9.63 Å². The lowest BCUT2D eigenvalue weighted by molar-refractivity contribution is 0.425. The summed E-state index contributed by atoms with van der Waals surface area (Å²) in [6.45, 7) is 1.80. The van der Waals surface area contributed by atoms with E-state index in [0.717, 1.165) is 5.56 Å². The Hall–Kier alpha value is -2.76. The Bertz CT molecular complexity index is 710. The van der Waals surface area contributed by atoms with E-state index in [0.29, 0.717) is 17.1 Å². The number of aryl methyl sites for hydroxylation is 1. The number of para-hydroxylation sites is 1. The molecule has 0 fully saturated rings. The van der Waals surface area contributed by atoms with Gasteiger partial charge in [-0.1, -0.05) is 17.3 Å². The van der Waals surface area contributed by atoms with Gasteiger partial charge in [0.1, 0.15) is 11.4 Å². The number of phenols is 1. The molecule has 0 amide bonds. The van der Waals surface area contributed by atoms with Crippen molar-refractivity contribution in [3.63, 3.8) is 0 Å². The van der Waals surface area contributed by atoms with Crippen molar-refractivity contribution in [2.45, 2.75) is 6.92 Å². The number of rotatable bonds is 2. The Morgan fingerprint density at radius 2 is 2.05 bits per heavy atom. The maximum absolute atomic E-state index is 9.98. The Morgan fingerprint density at radius 1 is 1.16 bits per heavy atom. The highest BCUT2D eigenvalue weighted by Gasteiger charge is 2.15. The second kappa shape index (κ2) is 4.49. The predicted octanol–water partition coefficient (Wildman–Crippen LogP) is 2.21. The van der Waals surface area contributed by atoms with E-state index in [9.17, 15) is 5.11 Å². The van der Waals surface area contributed by atoms with E-state index in [1.165, 1.54) is 0 Å². The summed E-state index contributed by atoms with van der Waals surface area (Å²) < 4.78 is 5.15. The van der Waals surface area contributed by atoms with Crippen LogP contribution in [0.5, 0.6) is 5.75 Å². The number of hydrogen-bond donors (Lipinski definition) is 1. The first-order chi connectivity index (χ1) is 9.25. The zero-order valence-electron chi connectivity index (χ0n) is 10.1. The van der Waals surface area contributed by atoms with Gasteiger partial charge in [-0.25, -0.2) is 0 Å². The first-order valence-electron chi connectivity index (χ1n) is 5.66. The molecule has 19 heavy (non-hydrogen) atoms. The molecule has 2 heterocycles. The topological polar surface area (TPSA) is 84.9 Å². The number of phenolic OH excluding ortho intramolecular Hbond substituents is 1. The van der Waals surface area contributed by atoms with Crippen molar-refractivity contribution in [1.82, 2.24) is 20.3 Å². The third-order valence-electron chi connectivity index (χ3n) is 2.70. The van der Waals surface area contributed by atoms with Crippen molar-refractivity contribution in [3.05, 3.63) is 42.1 Å². The van der Waals surface area contributed by atoms with E-state index in [1.807, 2.05) is 6.07 Å². The van der Waals surface area contributed by atoms with Gasteiger partial charge in [-0.2, -0.15) is 10.1 Å². The van der Waals surface area contributed by atoms with Crippen LogP contribution >= 0.6 is 0 Å². The molecule has 6 heteroatoms. The van der Waals surface area contributed by atoms with Gasteiger partial charge in [0.25, 0.3) is 5.89 Å². The minimum atomic E-state index is 0.136. The molecule has 0 aliphatic rings. The van der Waals surface area contributed by atoms with Crippen LogP contribution < -0.4 is 0 Å². The molecule has 3 rings (SSSR count). The van der Waals surface area contributed by atoms with Crippen LogP contribution in [0.2, 0.25) is 0 Å². The molecule has 6 nitrogen and oxygen atoms in total. The summed E-state index contributed by atoms with van der Waals surface area (Å²) in [5, 5.41) is 21.5. The Labute approximate surface area is 108 Å². The molecule has 1 aromatic carbocycles. The van der Waals surface area contributed by atoms with Crippen molar-refractivity contribution in [3.8, 4) is 28.7 Å². The van der Waals surface area contributed by atoms with Crippen LogP contribution in [-0.4, -0.2) is 25.4 Å². The summed E-state index contributed by atoms with van der Waals surface area (Å²) in [5.41, 5.74) is 1.77. The Kier molecular flexibility index (Phi) is 2.68. The lowest BCUT2D eigenvalue weighted by atomic mass is 10.1. The maximum Gasteiger partial charge on any atom is 0.262 e. The lowest BCUT2D eigenvalue weighted by Gasteiger charge is -2.01. The summed E-state index contributed by atoms with van der Waals surface area (Å²) >= 11 is 0. The third-order valence-corrected chi connectivity index (χ3v) is 2.70. The molecule has 3 aromatic rings. The molecule has 1 N–H and O–H groups in total. The van der Waals surface area contributed by atoms with Gasteiger partial charge in [-0.05, 0) is 30.7 Å². The van der Waals surface area contributed by atoms with E-state index in [1.54, 1.807) is 37.4 Å². The molecule has 94 valence electrons. The molecule has 0 spiro atoms. The Morgan fingerprint density at radius 3 is 2.84 bits per heavy atom. The first-order valence-corrected chi connectivity index (χ1v) is 5.66. The minimum absolute atomic E-state index is 0.136. The van der Waals surface area contributed by atoms with Crippen LogP contribution in [-0.2, 0) is 0 Å². The summed E-state index contributed by atoms with van der Waals surface area (Å²) in [7, 11) is 0. The van der Waals surface area contributed by atoms with Gasteiger partial charge >= 0.3 is 0 Å². The maximum atomic E-state index is 9.98. The van der Waals surface area contributed by atoms with Crippen LogP contribution in [0.25, 0.3) is 23.0 Å². The van der Waals surface area contributed by atoms with Crippen molar-refractivity contribution >= 4 is 0 Å². The van der Waals surface area contributed by atoms with E-state index in [4.69, 9.17) is 4.52 Å². The van der Waals surface area contributed by atoms with E-state index in [-0.39, 0.29) is 11.6 Å². The van der Waals surface area contributed by atoms with E-state index < -0.39 is 0 Å². The van der Waals surface area contributed by atoms with Gasteiger partial charge in [-0.15, -0.1) is 5.10 Å². The molecule has 0 unspecified atom stereocenters.